The number of ether oxygens (including phenoxy) is 2. The van der Waals surface area contributed by atoms with E-state index < -0.39 is 6.10 Å². The number of unbranched alkanes of at least 4 members (excludes halogenated alkanes) is 32. The number of hydrogen-bond donors (Lipinski definition) is 1. The van der Waals surface area contributed by atoms with Crippen molar-refractivity contribution in [2.75, 3.05) is 13.2 Å². The lowest BCUT2D eigenvalue weighted by atomic mass is 10.0. The fourth-order valence-electron chi connectivity index (χ4n) is 7.62. The smallest absolute Gasteiger partial charge is 0.306 e. The number of allylic oxidation sites excluding steroid dienone is 8. The highest BCUT2D eigenvalue weighted by atomic mass is 16.6. The second-order valence-electron chi connectivity index (χ2n) is 17.6. The molecule has 1 unspecified atom stereocenters. The van der Waals surface area contributed by atoms with Gasteiger partial charge in [-0.1, -0.05) is 229 Å². The number of aliphatic hydroxyl groups is 1. The van der Waals surface area contributed by atoms with Crippen LogP contribution in [0, 0.1) is 0 Å². The van der Waals surface area contributed by atoms with E-state index in [1.54, 1.807) is 0 Å². The van der Waals surface area contributed by atoms with E-state index in [0.29, 0.717) is 12.8 Å². The topological polar surface area (TPSA) is 72.8 Å². The highest BCUT2D eigenvalue weighted by molar-refractivity contribution is 5.70. The van der Waals surface area contributed by atoms with Crippen molar-refractivity contribution in [3.05, 3.63) is 48.6 Å². The molecule has 0 aromatic carbocycles. The molecule has 0 aliphatic carbocycles. The summed E-state index contributed by atoms with van der Waals surface area (Å²) >= 11 is 0. The molecule has 0 saturated heterocycles. The number of hydrogen-bond acceptors (Lipinski definition) is 5. The van der Waals surface area contributed by atoms with Crippen molar-refractivity contribution < 1.29 is 24.2 Å². The number of rotatable bonds is 48. The molecule has 0 aliphatic rings. The first-order valence-electron chi connectivity index (χ1n) is 26.2. The average Bonchev–Trinajstić information content (AvgIpc) is 3.25. The molecule has 0 radical (unpaired) electrons. The third-order valence-corrected chi connectivity index (χ3v) is 11.6. The molecule has 0 aliphatic heterocycles. The molecule has 0 fully saturated rings. The van der Waals surface area contributed by atoms with E-state index in [-0.39, 0.29) is 25.2 Å². The van der Waals surface area contributed by atoms with Gasteiger partial charge >= 0.3 is 11.9 Å². The van der Waals surface area contributed by atoms with E-state index >= 15 is 0 Å². The molecule has 0 spiro atoms. The summed E-state index contributed by atoms with van der Waals surface area (Å²) in [6.07, 6.45) is 66.3. The predicted octanol–water partition coefficient (Wildman–Crippen LogP) is 17.3. The lowest BCUT2D eigenvalue weighted by Crippen LogP contribution is -2.28. The minimum absolute atomic E-state index is 0.0674. The molecular formula is C55H100O5. The van der Waals surface area contributed by atoms with Gasteiger partial charge in [0.2, 0.25) is 0 Å². The zero-order chi connectivity index (χ0) is 43.5. The molecule has 0 rings (SSSR count). The van der Waals surface area contributed by atoms with Crippen LogP contribution in [0.1, 0.15) is 271 Å². The third-order valence-electron chi connectivity index (χ3n) is 11.6. The predicted molar refractivity (Wildman–Crippen MR) is 261 cm³/mol. The van der Waals surface area contributed by atoms with Crippen molar-refractivity contribution >= 4 is 11.9 Å². The molecule has 350 valence electrons. The zero-order valence-corrected chi connectivity index (χ0v) is 40.0. The van der Waals surface area contributed by atoms with Crippen molar-refractivity contribution in [3.8, 4) is 0 Å². The third kappa shape index (κ3) is 48.5. The van der Waals surface area contributed by atoms with Crippen molar-refractivity contribution in [1.29, 1.82) is 0 Å². The van der Waals surface area contributed by atoms with Crippen LogP contribution in [-0.2, 0) is 19.1 Å². The number of esters is 2. The van der Waals surface area contributed by atoms with Gasteiger partial charge in [-0.05, 0) is 77.0 Å². The Bertz CT molecular complexity index is 997. The van der Waals surface area contributed by atoms with Gasteiger partial charge in [0.1, 0.15) is 6.61 Å². The molecule has 0 amide bonds. The fourth-order valence-corrected chi connectivity index (χ4v) is 7.62. The number of aliphatic hydroxyl groups excluding tert-OH is 1. The Kier molecular flexibility index (Phi) is 49.4. The first-order valence-corrected chi connectivity index (χ1v) is 26.2. The maximum atomic E-state index is 12.3. The lowest BCUT2D eigenvalue weighted by Gasteiger charge is -2.15. The molecule has 5 heteroatoms. The van der Waals surface area contributed by atoms with Crippen LogP contribution in [0.3, 0.4) is 0 Å². The number of carbonyl (C=O) groups is 2. The average molecular weight is 841 g/mol. The Morgan fingerprint density at radius 1 is 0.383 bits per heavy atom. The summed E-state index contributed by atoms with van der Waals surface area (Å²) in [4.78, 5) is 24.5. The van der Waals surface area contributed by atoms with Crippen LogP contribution >= 0.6 is 0 Å². The maximum Gasteiger partial charge on any atom is 0.306 e. The highest BCUT2D eigenvalue weighted by Crippen LogP contribution is 2.15. The Morgan fingerprint density at radius 2 is 0.667 bits per heavy atom. The normalized spacial score (nSPS) is 12.5. The Balaban J connectivity index is 3.50. The van der Waals surface area contributed by atoms with Crippen LogP contribution < -0.4 is 0 Å². The molecule has 0 heterocycles. The van der Waals surface area contributed by atoms with E-state index in [4.69, 9.17) is 9.47 Å². The van der Waals surface area contributed by atoms with E-state index in [1.807, 2.05) is 0 Å². The summed E-state index contributed by atoms with van der Waals surface area (Å²) in [6, 6.07) is 0. The summed E-state index contributed by atoms with van der Waals surface area (Å²) in [6.45, 7) is 4.15. The van der Waals surface area contributed by atoms with Gasteiger partial charge in [0.15, 0.2) is 6.10 Å². The lowest BCUT2D eigenvalue weighted by molar-refractivity contribution is -0.161. The van der Waals surface area contributed by atoms with Crippen LogP contribution in [0.4, 0.5) is 0 Å². The molecule has 0 bridgehead atoms. The van der Waals surface area contributed by atoms with Crippen LogP contribution in [0.5, 0.6) is 0 Å². The van der Waals surface area contributed by atoms with E-state index in [0.717, 1.165) is 51.4 Å². The molecule has 60 heavy (non-hydrogen) atoms. The monoisotopic (exact) mass is 841 g/mol. The molecule has 0 saturated carbocycles. The van der Waals surface area contributed by atoms with Crippen molar-refractivity contribution in [2.45, 2.75) is 277 Å². The number of carbonyl (C=O) groups excluding carboxylic acids is 2. The molecular weight excluding hydrogens is 741 g/mol. The van der Waals surface area contributed by atoms with Crippen LogP contribution in [0.25, 0.3) is 0 Å². The highest BCUT2D eigenvalue weighted by Gasteiger charge is 2.16. The summed E-state index contributed by atoms with van der Waals surface area (Å²) < 4.78 is 10.7. The van der Waals surface area contributed by atoms with Crippen molar-refractivity contribution in [1.82, 2.24) is 0 Å². The van der Waals surface area contributed by atoms with Gasteiger partial charge in [-0.3, -0.25) is 9.59 Å². The van der Waals surface area contributed by atoms with Gasteiger partial charge in [-0.2, -0.15) is 0 Å². The Labute approximate surface area is 373 Å². The van der Waals surface area contributed by atoms with Gasteiger partial charge in [-0.25, -0.2) is 0 Å². The summed E-state index contributed by atoms with van der Waals surface area (Å²) in [5.74, 6) is -0.589. The van der Waals surface area contributed by atoms with Gasteiger partial charge in [-0.15, -0.1) is 0 Å². The Morgan fingerprint density at radius 3 is 1.02 bits per heavy atom. The van der Waals surface area contributed by atoms with Gasteiger partial charge in [0, 0.05) is 12.8 Å². The molecule has 0 aromatic rings. The van der Waals surface area contributed by atoms with Gasteiger partial charge < -0.3 is 14.6 Å². The molecule has 5 nitrogen and oxygen atoms in total. The van der Waals surface area contributed by atoms with Gasteiger partial charge in [0.25, 0.3) is 0 Å². The standard InChI is InChI=1S/C55H100O5/c1-3-5-7-9-11-13-15-17-19-21-23-25-26-27-28-30-32-34-36-38-40-42-44-46-48-50-55(58)60-53(51-56)52-59-54(57)49-47-45-43-41-39-37-35-33-31-29-24-22-20-18-16-14-12-10-8-6-4-2/h15,17,21-24,26-27,53,56H,3-14,16,18-20,25,28-52H2,1-2H3/b17-15-,23-21-,24-22-,27-26-. The van der Waals surface area contributed by atoms with Crippen LogP contribution in [0.2, 0.25) is 0 Å². The fraction of sp³-hybridized carbons (Fsp3) is 0.818. The maximum absolute atomic E-state index is 12.3. The SMILES string of the molecule is CCCCCCC/C=C\C/C=C\C/C=C\CCCCCCCCCCCCC(=O)OC(CO)COC(=O)CCCCCCCCCCC/C=C\CCCCCCCCCC. The van der Waals surface area contributed by atoms with E-state index in [2.05, 4.69) is 62.5 Å². The largest absolute Gasteiger partial charge is 0.462 e. The first kappa shape index (κ1) is 57.9. The van der Waals surface area contributed by atoms with Crippen LogP contribution in [-0.4, -0.2) is 36.4 Å². The molecule has 1 atom stereocenters. The second kappa shape index (κ2) is 51.2. The zero-order valence-electron chi connectivity index (χ0n) is 40.0. The minimum Gasteiger partial charge on any atom is -0.462 e. The minimum atomic E-state index is -0.776. The first-order chi connectivity index (χ1) is 29.6. The quantitative estimate of drug-likeness (QED) is 0.0375. The molecule has 1 N–H and O–H groups in total. The summed E-state index contributed by atoms with van der Waals surface area (Å²) in [7, 11) is 0. The van der Waals surface area contributed by atoms with Crippen molar-refractivity contribution in [2.24, 2.45) is 0 Å². The molecule has 0 aromatic heterocycles. The van der Waals surface area contributed by atoms with Crippen molar-refractivity contribution in [3.63, 3.8) is 0 Å². The summed E-state index contributed by atoms with van der Waals surface area (Å²) in [5, 5.41) is 9.63. The van der Waals surface area contributed by atoms with E-state index in [1.165, 1.54) is 193 Å². The summed E-state index contributed by atoms with van der Waals surface area (Å²) in [5.41, 5.74) is 0. The van der Waals surface area contributed by atoms with Gasteiger partial charge in [0.05, 0.1) is 6.61 Å². The van der Waals surface area contributed by atoms with Crippen LogP contribution in [0.15, 0.2) is 48.6 Å². The van der Waals surface area contributed by atoms with E-state index in [9.17, 15) is 14.7 Å². The Hall–Kier alpha value is -2.14. The second-order valence-corrected chi connectivity index (χ2v) is 17.6.